The van der Waals surface area contributed by atoms with E-state index < -0.39 is 46.7 Å². The molecule has 27 heavy (non-hydrogen) atoms. The Balaban J connectivity index is 2.31. The number of hydrogen-bond donors (Lipinski definition) is 6. The maximum absolute atomic E-state index is 14.3. The van der Waals surface area contributed by atoms with Gasteiger partial charge in [0.05, 0.1) is 17.6 Å². The minimum Gasteiger partial charge on any atom is -0.476 e. The second-order valence-electron chi connectivity index (χ2n) is 4.90. The van der Waals surface area contributed by atoms with Gasteiger partial charge in [-0.05, 0) is 17.7 Å². The van der Waals surface area contributed by atoms with Crippen molar-refractivity contribution in [2.24, 2.45) is 5.73 Å². The van der Waals surface area contributed by atoms with Gasteiger partial charge in [0.2, 0.25) is 22.8 Å². The quantitative estimate of drug-likeness (QED) is 0.161. The number of benzene rings is 1. The first-order valence-corrected chi connectivity index (χ1v) is 9.00. The van der Waals surface area contributed by atoms with E-state index in [0.29, 0.717) is 4.31 Å². The Morgan fingerprint density at radius 1 is 1.37 bits per heavy atom. The number of anilines is 2. The van der Waals surface area contributed by atoms with Crippen molar-refractivity contribution in [3.8, 4) is 0 Å². The van der Waals surface area contributed by atoms with Gasteiger partial charge in [0, 0.05) is 0 Å². The molecule has 0 spiro atoms. The van der Waals surface area contributed by atoms with Crippen molar-refractivity contribution in [3.05, 3.63) is 40.8 Å². The van der Waals surface area contributed by atoms with Gasteiger partial charge in [0.25, 0.3) is 0 Å². The number of thiol groups is 1. The zero-order chi connectivity index (χ0) is 20.1. The van der Waals surface area contributed by atoms with E-state index in [-0.39, 0.29) is 16.3 Å². The van der Waals surface area contributed by atoms with Crippen LogP contribution in [0.2, 0.25) is 0 Å². The number of hydrazine groups is 1. The number of halogens is 1. The smallest absolute Gasteiger partial charge is 0.357 e. The van der Waals surface area contributed by atoms with Crippen molar-refractivity contribution < 1.29 is 27.5 Å². The molecule has 0 unspecified atom stereocenters. The monoisotopic (exact) mass is 416 g/mol. The van der Waals surface area contributed by atoms with Crippen LogP contribution in [-0.4, -0.2) is 36.3 Å². The van der Waals surface area contributed by atoms with Crippen LogP contribution in [0.3, 0.4) is 0 Å². The summed E-state index contributed by atoms with van der Waals surface area (Å²) in [6.07, 6.45) is -0.406. The summed E-state index contributed by atoms with van der Waals surface area (Å²) in [4.78, 5) is 26.4. The lowest BCUT2D eigenvalue weighted by Gasteiger charge is -2.17. The van der Waals surface area contributed by atoms with Gasteiger partial charge in [0.1, 0.15) is 10.8 Å². The topological polar surface area (TPSA) is 179 Å². The van der Waals surface area contributed by atoms with Crippen LogP contribution in [0.5, 0.6) is 0 Å². The number of nitrogens with zero attached hydrogens (tertiary/aromatic N) is 2. The van der Waals surface area contributed by atoms with Gasteiger partial charge in [-0.3, -0.25) is 21.1 Å². The van der Waals surface area contributed by atoms with E-state index >= 15 is 0 Å². The molecular formula is C13H13FN6O5S2. The van der Waals surface area contributed by atoms with E-state index in [1.165, 1.54) is 12.1 Å². The van der Waals surface area contributed by atoms with Gasteiger partial charge in [0.15, 0.2) is 5.69 Å². The number of rotatable bonds is 6. The largest absolute Gasteiger partial charge is 0.476 e. The number of nitrogens with one attached hydrogen (secondary N) is 3. The third-order valence-corrected chi connectivity index (χ3v) is 4.78. The third-order valence-electron chi connectivity index (χ3n) is 3.08. The standard InChI is InChI=1S/C13H13FN6O5S2/c14-8-4-7(2-1-6(8)3-9(21)18-19-13(15)16)20(27(24)25)11-10(12(22)23)17-5-26-11/h1-2,4-5,27H,3H2,(H,18,21)(H,22,23)(H4,15,16,19). The van der Waals surface area contributed by atoms with E-state index in [0.717, 1.165) is 22.9 Å². The van der Waals surface area contributed by atoms with E-state index in [4.69, 9.17) is 16.2 Å². The molecule has 2 rings (SSSR count). The fourth-order valence-corrected chi connectivity index (χ4v) is 3.60. The lowest BCUT2D eigenvalue weighted by Crippen LogP contribution is -2.45. The lowest BCUT2D eigenvalue weighted by atomic mass is 10.1. The number of thiazole rings is 1. The Morgan fingerprint density at radius 2 is 2.07 bits per heavy atom. The molecule has 0 radical (unpaired) electrons. The SMILES string of the molecule is N=C(N)NNC(=O)Cc1ccc(N(c2scnc2C(=O)O)[SH](=O)=O)cc1F. The molecule has 1 amide bonds. The molecule has 0 bridgehead atoms. The number of nitrogens with two attached hydrogens (primary N) is 1. The molecule has 0 aliphatic rings. The molecule has 1 aromatic carbocycles. The molecule has 1 heterocycles. The molecular weight excluding hydrogens is 403 g/mol. The summed E-state index contributed by atoms with van der Waals surface area (Å²) < 4.78 is 38.2. The van der Waals surface area contributed by atoms with Crippen molar-refractivity contribution in [1.29, 1.82) is 5.41 Å². The number of aromatic nitrogens is 1. The molecule has 0 aliphatic carbocycles. The number of carbonyl (C=O) groups excluding carboxylic acids is 1. The van der Waals surface area contributed by atoms with Crippen molar-refractivity contribution in [3.63, 3.8) is 0 Å². The highest BCUT2D eigenvalue weighted by molar-refractivity contribution is 7.74. The second kappa shape index (κ2) is 8.41. The summed E-state index contributed by atoms with van der Waals surface area (Å²) in [6.45, 7) is 0. The normalized spacial score (nSPS) is 10.4. The summed E-state index contributed by atoms with van der Waals surface area (Å²) in [5.74, 6) is -3.50. The fraction of sp³-hybridized carbons (Fsp3) is 0.0769. The predicted octanol–water partition coefficient (Wildman–Crippen LogP) is -0.298. The molecule has 2 aromatic rings. The van der Waals surface area contributed by atoms with Crippen LogP contribution in [0.25, 0.3) is 0 Å². The van der Waals surface area contributed by atoms with Crippen LogP contribution in [0, 0.1) is 11.2 Å². The molecule has 6 N–H and O–H groups in total. The van der Waals surface area contributed by atoms with Crippen LogP contribution in [0.15, 0.2) is 23.7 Å². The highest BCUT2D eigenvalue weighted by atomic mass is 32.2. The van der Waals surface area contributed by atoms with Gasteiger partial charge >= 0.3 is 5.97 Å². The summed E-state index contributed by atoms with van der Waals surface area (Å²) in [5.41, 5.74) is 9.59. The van der Waals surface area contributed by atoms with E-state index in [1.807, 2.05) is 0 Å². The molecule has 14 heteroatoms. The molecule has 144 valence electrons. The minimum absolute atomic E-state index is 0.0505. The molecule has 0 aliphatic heterocycles. The third kappa shape index (κ3) is 4.89. The van der Waals surface area contributed by atoms with Crippen LogP contribution in [0.4, 0.5) is 15.1 Å². The van der Waals surface area contributed by atoms with E-state index in [9.17, 15) is 22.4 Å². The molecule has 11 nitrogen and oxygen atoms in total. The fourth-order valence-electron chi connectivity index (χ4n) is 1.99. The second-order valence-corrected chi connectivity index (χ2v) is 6.61. The van der Waals surface area contributed by atoms with Gasteiger partial charge < -0.3 is 10.8 Å². The highest BCUT2D eigenvalue weighted by Crippen LogP contribution is 2.33. The maximum Gasteiger partial charge on any atom is 0.357 e. The van der Waals surface area contributed by atoms with Crippen LogP contribution < -0.4 is 20.9 Å². The molecule has 0 atom stereocenters. The first-order valence-electron chi connectivity index (χ1n) is 6.99. The van der Waals surface area contributed by atoms with Crippen molar-refractivity contribution in [2.75, 3.05) is 4.31 Å². The van der Waals surface area contributed by atoms with E-state index in [1.54, 1.807) is 0 Å². The Bertz CT molecular complexity index is 968. The van der Waals surface area contributed by atoms with Crippen molar-refractivity contribution in [2.45, 2.75) is 6.42 Å². The predicted molar refractivity (Wildman–Crippen MR) is 94.8 cm³/mol. The number of guanidine groups is 1. The van der Waals surface area contributed by atoms with Gasteiger partial charge in [-0.25, -0.2) is 26.9 Å². The zero-order valence-electron chi connectivity index (χ0n) is 13.3. The number of carboxylic acids is 1. The van der Waals surface area contributed by atoms with E-state index in [2.05, 4.69) is 15.8 Å². The highest BCUT2D eigenvalue weighted by Gasteiger charge is 2.23. The lowest BCUT2D eigenvalue weighted by molar-refractivity contribution is -0.121. The number of carbonyl (C=O) groups is 2. The van der Waals surface area contributed by atoms with Crippen LogP contribution >= 0.6 is 11.3 Å². The average molecular weight is 416 g/mol. The van der Waals surface area contributed by atoms with Gasteiger partial charge in [-0.1, -0.05) is 6.07 Å². The Hall–Kier alpha value is -3.26. The molecule has 0 fully saturated rings. The zero-order valence-corrected chi connectivity index (χ0v) is 15.0. The number of carboxylic acid groups (broad SMARTS) is 1. The van der Waals surface area contributed by atoms with Gasteiger partial charge in [-0.2, -0.15) is 0 Å². The Kier molecular flexibility index (Phi) is 6.25. The first-order chi connectivity index (χ1) is 12.7. The van der Waals surface area contributed by atoms with Crippen LogP contribution in [0.1, 0.15) is 16.1 Å². The summed E-state index contributed by atoms with van der Waals surface area (Å²) in [7, 11) is -3.34. The minimum atomic E-state index is -3.34. The number of hydrogen-bond acceptors (Lipinski definition) is 7. The first kappa shape index (κ1) is 20.1. The summed E-state index contributed by atoms with van der Waals surface area (Å²) in [6, 6.07) is 3.27. The maximum atomic E-state index is 14.3. The average Bonchev–Trinajstić information content (AvgIpc) is 3.04. The molecule has 0 saturated heterocycles. The number of amides is 1. The summed E-state index contributed by atoms with van der Waals surface area (Å²) >= 11 is 0.763. The molecule has 0 saturated carbocycles. The van der Waals surface area contributed by atoms with Crippen LogP contribution in [-0.2, 0) is 22.1 Å². The summed E-state index contributed by atoms with van der Waals surface area (Å²) in [5, 5.41) is 15.8. The van der Waals surface area contributed by atoms with Crippen molar-refractivity contribution in [1.82, 2.24) is 15.8 Å². The van der Waals surface area contributed by atoms with Gasteiger partial charge in [-0.15, -0.1) is 11.3 Å². The Morgan fingerprint density at radius 3 is 2.63 bits per heavy atom. The van der Waals surface area contributed by atoms with Crippen molar-refractivity contribution >= 4 is 50.8 Å². The Labute approximate surface area is 157 Å². The number of aromatic carboxylic acids is 1. The molecule has 1 aromatic heterocycles.